The van der Waals surface area contributed by atoms with Crippen LogP contribution in [0.4, 0.5) is 0 Å². The molecular formula is C25H27NO7. The lowest BCUT2D eigenvalue weighted by Crippen LogP contribution is -2.31. The van der Waals surface area contributed by atoms with Gasteiger partial charge in [0, 0.05) is 32.2 Å². The highest BCUT2D eigenvalue weighted by molar-refractivity contribution is 6.46. The molecule has 0 saturated carbocycles. The quantitative estimate of drug-likeness (QED) is 0.274. The van der Waals surface area contributed by atoms with E-state index in [-0.39, 0.29) is 29.4 Å². The van der Waals surface area contributed by atoms with E-state index in [0.29, 0.717) is 43.8 Å². The van der Waals surface area contributed by atoms with Crippen LogP contribution in [-0.4, -0.2) is 60.3 Å². The van der Waals surface area contributed by atoms with Crippen molar-refractivity contribution in [2.75, 3.05) is 33.5 Å². The zero-order valence-corrected chi connectivity index (χ0v) is 18.7. The number of carbonyl (C=O) groups is 2. The normalized spacial score (nSPS) is 19.0. The van der Waals surface area contributed by atoms with Gasteiger partial charge in [0.1, 0.15) is 11.5 Å². The van der Waals surface area contributed by atoms with Crippen LogP contribution in [-0.2, 0) is 20.7 Å². The monoisotopic (exact) mass is 453 g/mol. The van der Waals surface area contributed by atoms with E-state index in [1.165, 1.54) is 11.0 Å². The summed E-state index contributed by atoms with van der Waals surface area (Å²) in [5.74, 6) is -0.732. The van der Waals surface area contributed by atoms with E-state index >= 15 is 0 Å². The molecule has 0 aromatic heterocycles. The Labute approximate surface area is 192 Å². The number of ketones is 1. The van der Waals surface area contributed by atoms with Crippen LogP contribution >= 0.6 is 0 Å². The summed E-state index contributed by atoms with van der Waals surface area (Å²) in [7, 11) is 1.57. The van der Waals surface area contributed by atoms with E-state index in [0.717, 1.165) is 11.3 Å². The molecule has 2 aliphatic rings. The summed E-state index contributed by atoms with van der Waals surface area (Å²) in [6, 6.07) is 9.08. The van der Waals surface area contributed by atoms with Crippen molar-refractivity contribution in [3.05, 3.63) is 58.7 Å². The number of methoxy groups -OCH3 is 1. The van der Waals surface area contributed by atoms with Crippen LogP contribution in [0.2, 0.25) is 0 Å². The van der Waals surface area contributed by atoms with Crippen molar-refractivity contribution in [3.63, 3.8) is 0 Å². The van der Waals surface area contributed by atoms with E-state index in [1.807, 2.05) is 0 Å². The number of rotatable bonds is 8. The summed E-state index contributed by atoms with van der Waals surface area (Å²) in [6.07, 6.45) is 1.23. The number of amides is 1. The minimum Gasteiger partial charge on any atom is -0.507 e. The van der Waals surface area contributed by atoms with Crippen LogP contribution in [0.15, 0.2) is 42.0 Å². The first-order valence-corrected chi connectivity index (χ1v) is 11.0. The van der Waals surface area contributed by atoms with Crippen molar-refractivity contribution in [2.24, 2.45) is 0 Å². The molecule has 2 aromatic rings. The highest BCUT2D eigenvalue weighted by Crippen LogP contribution is 2.42. The number of ether oxygens (including phenoxy) is 3. The molecule has 1 unspecified atom stereocenters. The number of Topliss-reactive ketones (excluding diaryl/α,β-unsaturated/α-hetero) is 1. The third kappa shape index (κ3) is 4.26. The molecule has 1 amide bonds. The van der Waals surface area contributed by atoms with Crippen LogP contribution < -0.4 is 9.47 Å². The molecule has 0 radical (unpaired) electrons. The predicted molar refractivity (Wildman–Crippen MR) is 120 cm³/mol. The summed E-state index contributed by atoms with van der Waals surface area (Å²) in [6.45, 7) is 3.38. The molecule has 2 aliphatic heterocycles. The number of hydrogen-bond acceptors (Lipinski definition) is 7. The van der Waals surface area contributed by atoms with E-state index < -0.39 is 17.7 Å². The Balaban J connectivity index is 1.83. The van der Waals surface area contributed by atoms with Gasteiger partial charge in [-0.05, 0) is 54.8 Å². The second-order valence-electron chi connectivity index (χ2n) is 7.92. The van der Waals surface area contributed by atoms with Gasteiger partial charge in [-0.25, -0.2) is 0 Å². The summed E-state index contributed by atoms with van der Waals surface area (Å²) in [5, 5.41) is 21.4. The van der Waals surface area contributed by atoms with Crippen LogP contribution in [0.5, 0.6) is 17.2 Å². The number of hydrogen-bond donors (Lipinski definition) is 2. The third-order valence-corrected chi connectivity index (χ3v) is 5.85. The molecule has 8 nitrogen and oxygen atoms in total. The highest BCUT2D eigenvalue weighted by atomic mass is 16.5. The largest absolute Gasteiger partial charge is 0.507 e. The minimum atomic E-state index is -0.828. The smallest absolute Gasteiger partial charge is 0.295 e. The number of aromatic hydroxyl groups is 1. The van der Waals surface area contributed by atoms with Gasteiger partial charge in [-0.3, -0.25) is 9.59 Å². The number of fused-ring (bicyclic) bond motifs is 1. The van der Waals surface area contributed by atoms with Gasteiger partial charge >= 0.3 is 0 Å². The topological polar surface area (TPSA) is 106 Å². The molecule has 174 valence electrons. The molecule has 1 fully saturated rings. The second kappa shape index (κ2) is 9.54. The average molecular weight is 453 g/mol. The minimum absolute atomic E-state index is 0.00409. The second-order valence-corrected chi connectivity index (χ2v) is 7.92. The van der Waals surface area contributed by atoms with Crippen LogP contribution in [0.3, 0.4) is 0 Å². The van der Waals surface area contributed by atoms with Crippen molar-refractivity contribution < 1.29 is 34.0 Å². The number of likely N-dealkylation sites (tertiary alicyclic amines) is 1. The summed E-state index contributed by atoms with van der Waals surface area (Å²) in [4.78, 5) is 27.5. The Kier molecular flexibility index (Phi) is 6.55. The van der Waals surface area contributed by atoms with Crippen LogP contribution in [0.1, 0.15) is 36.1 Å². The lowest BCUT2D eigenvalue weighted by atomic mass is 9.94. The lowest BCUT2D eigenvalue weighted by Gasteiger charge is -2.25. The highest BCUT2D eigenvalue weighted by Gasteiger charge is 2.46. The van der Waals surface area contributed by atoms with E-state index in [1.54, 1.807) is 44.4 Å². The SMILES string of the molecule is CCOc1cc(C2/C(=C(\O)c3ccc4c(c3)CCO4)C(=O)C(=O)N2CCCOC)ccc1O. The molecule has 2 heterocycles. The molecule has 33 heavy (non-hydrogen) atoms. The lowest BCUT2D eigenvalue weighted by molar-refractivity contribution is -0.140. The van der Waals surface area contributed by atoms with Crippen LogP contribution in [0, 0.1) is 0 Å². The maximum Gasteiger partial charge on any atom is 0.295 e. The fourth-order valence-electron chi connectivity index (χ4n) is 4.30. The summed E-state index contributed by atoms with van der Waals surface area (Å²) in [5.41, 5.74) is 1.94. The molecule has 1 saturated heterocycles. The Bertz CT molecular complexity index is 1110. The number of benzene rings is 2. The van der Waals surface area contributed by atoms with Gasteiger partial charge in [0.05, 0.1) is 24.8 Å². The molecule has 1 atom stereocenters. The molecule has 2 aromatic carbocycles. The number of phenols is 1. The van der Waals surface area contributed by atoms with Crippen molar-refractivity contribution >= 4 is 17.4 Å². The molecule has 2 N–H and O–H groups in total. The van der Waals surface area contributed by atoms with Crippen molar-refractivity contribution in [3.8, 4) is 17.2 Å². The van der Waals surface area contributed by atoms with Gasteiger partial charge in [0.25, 0.3) is 11.7 Å². The Morgan fingerprint density at radius 2 is 2.03 bits per heavy atom. The van der Waals surface area contributed by atoms with Crippen molar-refractivity contribution in [2.45, 2.75) is 25.8 Å². The van der Waals surface area contributed by atoms with E-state index in [2.05, 4.69) is 0 Å². The van der Waals surface area contributed by atoms with Gasteiger partial charge in [0.2, 0.25) is 0 Å². The number of aliphatic hydroxyl groups excluding tert-OH is 1. The van der Waals surface area contributed by atoms with Crippen molar-refractivity contribution in [1.82, 2.24) is 4.90 Å². The Hall–Kier alpha value is -3.52. The van der Waals surface area contributed by atoms with Gasteiger partial charge in [-0.15, -0.1) is 0 Å². The number of aliphatic hydroxyl groups is 1. The Morgan fingerprint density at radius 3 is 2.79 bits per heavy atom. The number of carbonyl (C=O) groups excluding carboxylic acids is 2. The van der Waals surface area contributed by atoms with Gasteiger partial charge in [-0.1, -0.05) is 6.07 Å². The standard InChI is InChI=1S/C25H27NO7/c1-3-32-20-14-16(5-7-18(20)27)22-21(24(29)25(30)26(22)10-4-11-31-2)23(28)17-6-8-19-15(13-17)9-12-33-19/h5-8,13-14,22,27-28H,3-4,9-12H2,1-2H3/b23-21+. The first-order valence-electron chi connectivity index (χ1n) is 11.0. The molecule has 0 aliphatic carbocycles. The van der Waals surface area contributed by atoms with E-state index in [9.17, 15) is 19.8 Å². The molecule has 4 rings (SSSR count). The third-order valence-electron chi connectivity index (χ3n) is 5.85. The van der Waals surface area contributed by atoms with Gasteiger partial charge in [-0.2, -0.15) is 0 Å². The number of phenolic OH excluding ortho intramolecular Hbond substituents is 1. The molecular weight excluding hydrogens is 426 g/mol. The fraction of sp³-hybridized carbons (Fsp3) is 0.360. The van der Waals surface area contributed by atoms with Crippen LogP contribution in [0.25, 0.3) is 5.76 Å². The average Bonchev–Trinajstić information content (AvgIpc) is 3.38. The van der Waals surface area contributed by atoms with E-state index in [4.69, 9.17) is 14.2 Å². The first-order chi connectivity index (χ1) is 16.0. The maximum absolute atomic E-state index is 13.1. The van der Waals surface area contributed by atoms with Gasteiger partial charge in [0.15, 0.2) is 11.5 Å². The zero-order chi connectivity index (χ0) is 23.5. The Morgan fingerprint density at radius 1 is 1.21 bits per heavy atom. The van der Waals surface area contributed by atoms with Crippen molar-refractivity contribution in [1.29, 1.82) is 0 Å². The fourth-order valence-corrected chi connectivity index (χ4v) is 4.30. The molecule has 0 bridgehead atoms. The number of nitrogens with zero attached hydrogens (tertiary/aromatic N) is 1. The molecule has 8 heteroatoms. The summed E-state index contributed by atoms with van der Waals surface area (Å²) < 4.78 is 16.1. The maximum atomic E-state index is 13.1. The molecule has 0 spiro atoms. The predicted octanol–water partition coefficient (Wildman–Crippen LogP) is 3.18. The zero-order valence-electron chi connectivity index (χ0n) is 18.7. The summed E-state index contributed by atoms with van der Waals surface area (Å²) >= 11 is 0. The first kappa shape index (κ1) is 22.7. The van der Waals surface area contributed by atoms with Gasteiger partial charge < -0.3 is 29.3 Å².